The lowest BCUT2D eigenvalue weighted by Gasteiger charge is -2.58. The van der Waals surface area contributed by atoms with Crippen molar-refractivity contribution in [2.24, 2.45) is 46.3 Å². The van der Waals surface area contributed by atoms with Crippen LogP contribution < -0.4 is 0 Å². The van der Waals surface area contributed by atoms with Crippen LogP contribution in [0.3, 0.4) is 0 Å². The summed E-state index contributed by atoms with van der Waals surface area (Å²) in [6.07, 6.45) is -12.4. The summed E-state index contributed by atoms with van der Waals surface area (Å²) in [7, 11) is 0. The molecule has 5 heterocycles. The van der Waals surface area contributed by atoms with Crippen LogP contribution in [0.4, 0.5) is 0 Å². The van der Waals surface area contributed by atoms with E-state index in [0.717, 1.165) is 51.9 Å². The third kappa shape index (κ3) is 16.6. The van der Waals surface area contributed by atoms with E-state index >= 15 is 0 Å². The van der Waals surface area contributed by atoms with E-state index in [1.165, 1.54) is 85.3 Å². The molecule has 0 radical (unpaired) electrons. The van der Waals surface area contributed by atoms with Crippen LogP contribution in [0.1, 0.15) is 161 Å². The van der Waals surface area contributed by atoms with Gasteiger partial charge in [-0.1, -0.05) is 149 Å². The van der Waals surface area contributed by atoms with Crippen molar-refractivity contribution in [3.8, 4) is 0 Å². The van der Waals surface area contributed by atoms with Gasteiger partial charge in [0.1, 0.15) is 12.2 Å². The molecule has 0 bridgehead atoms. The average Bonchev–Trinajstić information content (AvgIpc) is 1.54. The number of fused-ring (bicyclic) bond motifs is 7. The summed E-state index contributed by atoms with van der Waals surface area (Å²) in [6.45, 7) is 10.7. The number of carbonyl (C=O) groups excluding carboxylic acids is 8. The highest BCUT2D eigenvalue weighted by atomic mass is 16.8. The van der Waals surface area contributed by atoms with Gasteiger partial charge in [0.15, 0.2) is 73.5 Å². The number of allylic oxidation sites excluding steroid dienone is 1. The summed E-state index contributed by atoms with van der Waals surface area (Å²) >= 11 is 0. The van der Waals surface area contributed by atoms with Crippen molar-refractivity contribution in [1.29, 1.82) is 0 Å². The lowest BCUT2D eigenvalue weighted by molar-refractivity contribution is -0.360. The molecule has 0 amide bonds. The molecule has 0 aromatic heterocycles. The van der Waals surface area contributed by atoms with Gasteiger partial charge >= 0.3 is 47.8 Å². The van der Waals surface area contributed by atoms with E-state index in [1.807, 2.05) is 0 Å². The molecule has 3 saturated carbocycles. The first kappa shape index (κ1) is 78.8. The van der Waals surface area contributed by atoms with Gasteiger partial charge in [-0.25, -0.2) is 28.8 Å². The second-order valence-corrected chi connectivity index (χ2v) is 31.9. The number of hydrogen-bond acceptors (Lipinski definition) is 24. The van der Waals surface area contributed by atoms with Gasteiger partial charge < -0.3 is 75.8 Å². The SMILES string of the molecule is CC(=O)O[C@@H]1[C@@H](OC(C)=O)[C@H](O[C@H]2CC[C@@]3(C)C(=CC[C@H]4[C@@H]5C[C@@H]6O[C@]7(CC[C@@H](C)CO7)[C@@H](C)[C@@H]6[C@@]5(C)CC[C@@H]43)C2)O[C@H](CO[C@@H]2OC[C@H](OC(=O)c3ccccc3)[C@H](OC(=O)c3ccccc3)[C@H]2OC(=O)c2ccccc2)[C@H]1O[C@@H]1OC[C@@H](OC(=O)c2ccccc2)[C@H](OC(=O)c2ccccc2)[C@H]1OC(=O)c1ccccc1. The van der Waals surface area contributed by atoms with Crippen LogP contribution >= 0.6 is 0 Å². The van der Waals surface area contributed by atoms with Crippen molar-refractivity contribution in [2.45, 2.75) is 197 Å². The molecule has 9 aliphatic rings. The highest BCUT2D eigenvalue weighted by molar-refractivity contribution is 5.93. The summed E-state index contributed by atoms with van der Waals surface area (Å²) in [6, 6.07) is 47.8. The molecular weight excluding hydrogens is 1450 g/mol. The van der Waals surface area contributed by atoms with Crippen molar-refractivity contribution in [2.75, 3.05) is 26.4 Å². The molecule has 113 heavy (non-hydrogen) atoms. The monoisotopic (exact) mass is 1550 g/mol. The highest BCUT2D eigenvalue weighted by Crippen LogP contribution is 2.71. The fourth-order valence-electron chi connectivity index (χ4n) is 19.3. The number of ether oxygens (including phenoxy) is 16. The Balaban J connectivity index is 0.784. The Labute approximate surface area is 655 Å². The first-order chi connectivity index (χ1) is 54.6. The molecule has 24 nitrogen and oxygen atoms in total. The Morgan fingerprint density at radius 3 is 1.35 bits per heavy atom. The van der Waals surface area contributed by atoms with Crippen LogP contribution in [0.25, 0.3) is 0 Å². The third-order valence-electron chi connectivity index (χ3n) is 24.9. The maximum atomic E-state index is 14.7. The van der Waals surface area contributed by atoms with Crippen LogP contribution in [0.2, 0.25) is 0 Å². The van der Waals surface area contributed by atoms with Gasteiger partial charge in [-0.05, 0) is 165 Å². The van der Waals surface area contributed by atoms with Gasteiger partial charge in [0.25, 0.3) is 0 Å². The average molecular weight is 1550 g/mol. The maximum Gasteiger partial charge on any atom is 0.338 e. The Hall–Kier alpha value is -9.50. The molecule has 24 heteroatoms. The van der Waals surface area contributed by atoms with Crippen LogP contribution in [-0.4, -0.2) is 172 Å². The molecular formula is C89H96O24. The fraction of sp³-hybridized carbons (Fsp3) is 0.483. The lowest BCUT2D eigenvalue weighted by atomic mass is 9.47. The summed E-state index contributed by atoms with van der Waals surface area (Å²) in [4.78, 5) is 114. The molecule has 1 spiro atoms. The minimum atomic E-state index is -1.90. The second kappa shape index (κ2) is 33.9. The van der Waals surface area contributed by atoms with Gasteiger partial charge in [-0.3, -0.25) is 9.59 Å². The normalized spacial score (nSPS) is 34.9. The minimum Gasteiger partial charge on any atom is -0.455 e. The molecule has 5 saturated heterocycles. The van der Waals surface area contributed by atoms with Crippen LogP contribution in [0, 0.1) is 46.3 Å². The van der Waals surface area contributed by atoms with E-state index in [1.54, 1.807) is 109 Å². The van der Waals surface area contributed by atoms with Crippen molar-refractivity contribution >= 4 is 47.8 Å². The third-order valence-corrected chi connectivity index (χ3v) is 24.9. The van der Waals surface area contributed by atoms with Gasteiger partial charge in [0.05, 0.1) is 72.0 Å². The predicted octanol–water partition coefficient (Wildman–Crippen LogP) is 12.8. The Morgan fingerprint density at radius 2 is 0.885 bits per heavy atom. The van der Waals surface area contributed by atoms with Crippen molar-refractivity contribution in [3.63, 3.8) is 0 Å². The van der Waals surface area contributed by atoms with E-state index < -0.39 is 159 Å². The fourth-order valence-corrected chi connectivity index (χ4v) is 19.3. The summed E-state index contributed by atoms with van der Waals surface area (Å²) in [5.74, 6) is -5.26. The number of esters is 8. The smallest absolute Gasteiger partial charge is 0.338 e. The standard InChI is InChI=1S/C89H96O24/c1-51-39-44-89(101-47-51)52(2)70-66(113-89)46-65-63-38-37-61-45-62(40-42-87(61,5)64(63)41-43-88(65,70)6)104-86-77(103-54(4)91)74(102-53(3)90)71(112-85-76(111-83(97)60-35-23-12-24-36-60)73(109-81(95)58-31-19-10-20-32-58)68(49-100-85)106-79(93)56-27-15-8-16-28-56)69(107-86)50-99-84-75(110-82(96)59-33-21-11-22-34-59)72(108-80(94)57-29-17-9-18-30-57)67(48-98-84)105-78(92)55-25-13-7-14-26-55/h7-37,51-52,62-77,84-86H,38-50H2,1-6H3/t51-,52+,62+,63-,64+,65+,66+,67+,68-,69-,70+,71-,72+,73+,74+,75-,76-,77-,84+,85+,86-,87+,88+,89-/m1/s1. The first-order valence-corrected chi connectivity index (χ1v) is 39.4. The predicted molar refractivity (Wildman–Crippen MR) is 401 cm³/mol. The first-order valence-electron chi connectivity index (χ1n) is 39.4. The molecule has 6 aromatic carbocycles. The Bertz CT molecular complexity index is 4390. The van der Waals surface area contributed by atoms with E-state index in [9.17, 15) is 38.4 Å². The Kier molecular flexibility index (Phi) is 23.6. The largest absolute Gasteiger partial charge is 0.455 e. The topological polar surface area (TPSA) is 284 Å². The zero-order chi connectivity index (χ0) is 78.7. The van der Waals surface area contributed by atoms with Crippen molar-refractivity contribution in [1.82, 2.24) is 0 Å². The second-order valence-electron chi connectivity index (χ2n) is 31.9. The van der Waals surface area contributed by atoms with Gasteiger partial charge in [0, 0.05) is 26.2 Å². The van der Waals surface area contributed by atoms with E-state index in [-0.39, 0.29) is 56.2 Å². The van der Waals surface area contributed by atoms with Gasteiger partial charge in [-0.2, -0.15) is 0 Å². The van der Waals surface area contributed by atoms with E-state index in [2.05, 4.69) is 33.8 Å². The quantitative estimate of drug-likeness (QED) is 0.0367. The van der Waals surface area contributed by atoms with Gasteiger partial charge in [0.2, 0.25) is 0 Å². The zero-order valence-electron chi connectivity index (χ0n) is 64.0. The van der Waals surface area contributed by atoms with Gasteiger partial charge in [-0.15, -0.1) is 0 Å². The van der Waals surface area contributed by atoms with Crippen molar-refractivity contribution in [3.05, 3.63) is 227 Å². The Morgan fingerprint density at radius 1 is 0.442 bits per heavy atom. The number of benzene rings is 6. The number of hydrogen-bond donors (Lipinski definition) is 0. The molecule has 0 unspecified atom stereocenters. The van der Waals surface area contributed by atoms with Crippen LogP contribution in [0.15, 0.2) is 194 Å². The molecule has 8 fully saturated rings. The molecule has 15 rings (SSSR count). The lowest BCUT2D eigenvalue weighted by Crippen LogP contribution is -2.66. The summed E-state index contributed by atoms with van der Waals surface area (Å²) in [5.41, 5.74) is 1.65. The molecule has 596 valence electrons. The van der Waals surface area contributed by atoms with E-state index in [4.69, 9.17) is 75.8 Å². The zero-order valence-corrected chi connectivity index (χ0v) is 64.0. The molecule has 4 aliphatic carbocycles. The molecule has 6 aromatic rings. The molecule has 0 N–H and O–H groups in total. The van der Waals surface area contributed by atoms with Crippen molar-refractivity contribution < 1.29 is 114 Å². The highest BCUT2D eigenvalue weighted by Gasteiger charge is 2.69. The van der Waals surface area contributed by atoms with Crippen LogP contribution in [0.5, 0.6) is 0 Å². The van der Waals surface area contributed by atoms with E-state index in [0.29, 0.717) is 49.0 Å². The molecule has 5 aliphatic heterocycles. The number of carbonyl (C=O) groups is 8. The minimum absolute atomic E-state index is 0.0367. The summed E-state index contributed by atoms with van der Waals surface area (Å²) in [5, 5.41) is 0. The molecule has 24 atom stereocenters. The summed E-state index contributed by atoms with van der Waals surface area (Å²) < 4.78 is 105. The van der Waals surface area contributed by atoms with Crippen LogP contribution in [-0.2, 0) is 85.4 Å². The number of rotatable bonds is 21. The maximum absolute atomic E-state index is 14.7.